The van der Waals surface area contributed by atoms with E-state index >= 15 is 0 Å². The molecule has 0 aromatic rings. The van der Waals surface area contributed by atoms with E-state index in [1.54, 1.807) is 12.3 Å². The Morgan fingerprint density at radius 1 is 1.82 bits per heavy atom. The second-order valence-corrected chi connectivity index (χ2v) is 2.10. The minimum Gasteiger partial charge on any atom is -0.498 e. The van der Waals surface area contributed by atoms with E-state index in [-0.39, 0.29) is 12.7 Å². The first kappa shape index (κ1) is 7.91. The summed E-state index contributed by atoms with van der Waals surface area (Å²) in [5.41, 5.74) is 0. The first-order valence-electron chi connectivity index (χ1n) is 3.39. The van der Waals surface area contributed by atoms with Gasteiger partial charge in [-0.25, -0.2) is 4.79 Å². The van der Waals surface area contributed by atoms with Crippen molar-refractivity contribution in [2.24, 2.45) is 0 Å². The molecular weight excluding hydrogens is 148 g/mol. The second-order valence-electron chi connectivity index (χ2n) is 2.10. The molecule has 0 bridgehead atoms. The zero-order chi connectivity index (χ0) is 8.10. The lowest BCUT2D eigenvalue weighted by atomic mass is 10.4. The smallest absolute Gasteiger partial charge is 0.498 e. The predicted octanol–water partition coefficient (Wildman–Crippen LogP) is 1.07. The Hall–Kier alpha value is -1.19. The SMILES string of the molecule is C/C=C\OCC1COC(=O)O1. The Bertz CT molecular complexity index is 164. The summed E-state index contributed by atoms with van der Waals surface area (Å²) in [7, 11) is 0. The van der Waals surface area contributed by atoms with Gasteiger partial charge < -0.3 is 14.2 Å². The van der Waals surface area contributed by atoms with E-state index in [2.05, 4.69) is 9.47 Å². The van der Waals surface area contributed by atoms with Crippen LogP contribution in [0.2, 0.25) is 0 Å². The summed E-state index contributed by atoms with van der Waals surface area (Å²) in [6, 6.07) is 0. The van der Waals surface area contributed by atoms with Crippen LogP contribution in [0, 0.1) is 0 Å². The standard InChI is InChI=1S/C7H10O4/c1-2-3-9-4-6-5-10-7(8)11-6/h2-3,6H,4-5H2,1H3/b3-2-. The highest BCUT2D eigenvalue weighted by molar-refractivity contribution is 5.61. The summed E-state index contributed by atoms with van der Waals surface area (Å²) in [6.07, 6.45) is 2.45. The maximum atomic E-state index is 10.4. The highest BCUT2D eigenvalue weighted by Crippen LogP contribution is 2.05. The fourth-order valence-electron chi connectivity index (χ4n) is 0.706. The number of carbonyl (C=O) groups excluding carboxylic acids is 1. The number of carbonyl (C=O) groups is 1. The largest absolute Gasteiger partial charge is 0.508 e. The molecule has 0 aliphatic carbocycles. The Kier molecular flexibility index (Phi) is 2.77. The van der Waals surface area contributed by atoms with Crippen LogP contribution < -0.4 is 0 Å². The molecule has 1 aliphatic rings. The van der Waals surface area contributed by atoms with Crippen molar-refractivity contribution in [1.82, 2.24) is 0 Å². The van der Waals surface area contributed by atoms with Gasteiger partial charge in [0.05, 0.1) is 6.26 Å². The topological polar surface area (TPSA) is 44.8 Å². The summed E-state index contributed by atoms with van der Waals surface area (Å²) in [5, 5.41) is 0. The number of allylic oxidation sites excluding steroid dienone is 1. The van der Waals surface area contributed by atoms with Gasteiger partial charge in [-0.2, -0.15) is 0 Å². The van der Waals surface area contributed by atoms with E-state index in [4.69, 9.17) is 4.74 Å². The molecule has 4 heteroatoms. The lowest BCUT2D eigenvalue weighted by Gasteiger charge is -2.03. The van der Waals surface area contributed by atoms with Crippen molar-refractivity contribution in [3.63, 3.8) is 0 Å². The van der Waals surface area contributed by atoms with Gasteiger partial charge in [0, 0.05) is 0 Å². The van der Waals surface area contributed by atoms with Crippen molar-refractivity contribution in [2.45, 2.75) is 13.0 Å². The normalized spacial score (nSPS) is 23.4. The zero-order valence-corrected chi connectivity index (χ0v) is 6.28. The van der Waals surface area contributed by atoms with E-state index in [1.165, 1.54) is 0 Å². The van der Waals surface area contributed by atoms with Crippen molar-refractivity contribution in [1.29, 1.82) is 0 Å². The molecular formula is C7H10O4. The number of hydrogen-bond acceptors (Lipinski definition) is 4. The van der Waals surface area contributed by atoms with E-state index < -0.39 is 6.16 Å². The highest BCUT2D eigenvalue weighted by atomic mass is 16.8. The molecule has 0 N–H and O–H groups in total. The van der Waals surface area contributed by atoms with Crippen LogP contribution in [0.5, 0.6) is 0 Å². The zero-order valence-electron chi connectivity index (χ0n) is 6.28. The quantitative estimate of drug-likeness (QED) is 0.455. The summed E-state index contributed by atoms with van der Waals surface area (Å²) < 4.78 is 14.2. The fourth-order valence-corrected chi connectivity index (χ4v) is 0.706. The van der Waals surface area contributed by atoms with Gasteiger partial charge in [-0.1, -0.05) is 6.08 Å². The van der Waals surface area contributed by atoms with Gasteiger partial charge in [0.2, 0.25) is 0 Å². The minimum absolute atomic E-state index is 0.251. The molecule has 1 unspecified atom stereocenters. The summed E-state index contributed by atoms with van der Waals surface area (Å²) in [4.78, 5) is 10.4. The van der Waals surface area contributed by atoms with Gasteiger partial charge in [-0.15, -0.1) is 0 Å². The first-order valence-corrected chi connectivity index (χ1v) is 3.39. The molecule has 0 aromatic heterocycles. The fraction of sp³-hybridized carbons (Fsp3) is 0.571. The molecule has 0 spiro atoms. The molecule has 4 nitrogen and oxygen atoms in total. The van der Waals surface area contributed by atoms with Crippen LogP contribution in [0.25, 0.3) is 0 Å². The van der Waals surface area contributed by atoms with E-state index in [0.29, 0.717) is 6.61 Å². The van der Waals surface area contributed by atoms with Gasteiger partial charge in [0.25, 0.3) is 0 Å². The Balaban J connectivity index is 2.13. The van der Waals surface area contributed by atoms with Crippen LogP contribution in [0.15, 0.2) is 12.3 Å². The molecule has 0 saturated carbocycles. The number of rotatable bonds is 3. The summed E-state index contributed by atoms with van der Waals surface area (Å²) in [5.74, 6) is 0. The van der Waals surface area contributed by atoms with E-state index in [0.717, 1.165) is 0 Å². The van der Waals surface area contributed by atoms with Gasteiger partial charge in [0.15, 0.2) is 6.10 Å². The molecule has 1 atom stereocenters. The van der Waals surface area contributed by atoms with Crippen molar-refractivity contribution in [3.05, 3.63) is 12.3 Å². The monoisotopic (exact) mass is 158 g/mol. The summed E-state index contributed by atoms with van der Waals surface area (Å²) >= 11 is 0. The number of cyclic esters (lactones) is 2. The Morgan fingerprint density at radius 2 is 2.64 bits per heavy atom. The van der Waals surface area contributed by atoms with E-state index in [1.807, 2.05) is 6.92 Å². The lowest BCUT2D eigenvalue weighted by Crippen LogP contribution is -2.16. The molecule has 62 valence electrons. The molecule has 11 heavy (non-hydrogen) atoms. The maximum Gasteiger partial charge on any atom is 0.508 e. The molecule has 0 amide bonds. The van der Waals surface area contributed by atoms with Crippen molar-refractivity contribution in [2.75, 3.05) is 13.2 Å². The predicted molar refractivity (Wildman–Crippen MR) is 37.0 cm³/mol. The third-order valence-corrected chi connectivity index (χ3v) is 1.16. The minimum atomic E-state index is -0.612. The third kappa shape index (κ3) is 2.49. The molecule has 0 aromatic carbocycles. The molecule has 1 fully saturated rings. The highest BCUT2D eigenvalue weighted by Gasteiger charge is 2.24. The Morgan fingerprint density at radius 3 is 3.18 bits per heavy atom. The lowest BCUT2D eigenvalue weighted by molar-refractivity contribution is 0.0852. The van der Waals surface area contributed by atoms with E-state index in [9.17, 15) is 4.79 Å². The van der Waals surface area contributed by atoms with Crippen LogP contribution in [0.1, 0.15) is 6.92 Å². The van der Waals surface area contributed by atoms with Crippen LogP contribution >= 0.6 is 0 Å². The molecule has 0 radical (unpaired) electrons. The van der Waals surface area contributed by atoms with Gasteiger partial charge >= 0.3 is 6.16 Å². The van der Waals surface area contributed by atoms with Gasteiger partial charge in [-0.3, -0.25) is 0 Å². The third-order valence-electron chi connectivity index (χ3n) is 1.16. The van der Waals surface area contributed by atoms with Crippen molar-refractivity contribution in [3.8, 4) is 0 Å². The number of ether oxygens (including phenoxy) is 3. The maximum absolute atomic E-state index is 10.4. The molecule has 1 saturated heterocycles. The average Bonchev–Trinajstić information content (AvgIpc) is 2.37. The molecule has 1 aliphatic heterocycles. The Labute approximate surface area is 64.7 Å². The van der Waals surface area contributed by atoms with Crippen molar-refractivity contribution >= 4 is 6.16 Å². The van der Waals surface area contributed by atoms with Crippen molar-refractivity contribution < 1.29 is 19.0 Å². The van der Waals surface area contributed by atoms with Crippen LogP contribution in [0.3, 0.4) is 0 Å². The second kappa shape index (κ2) is 3.85. The average molecular weight is 158 g/mol. The molecule has 1 heterocycles. The molecule has 1 rings (SSSR count). The number of hydrogen-bond donors (Lipinski definition) is 0. The van der Waals surface area contributed by atoms with Crippen LogP contribution in [0.4, 0.5) is 4.79 Å². The first-order chi connectivity index (χ1) is 5.33. The van der Waals surface area contributed by atoms with Crippen LogP contribution in [-0.2, 0) is 14.2 Å². The summed E-state index contributed by atoms with van der Waals surface area (Å²) in [6.45, 7) is 2.49. The van der Waals surface area contributed by atoms with Gasteiger partial charge in [0.1, 0.15) is 13.2 Å². The van der Waals surface area contributed by atoms with Gasteiger partial charge in [-0.05, 0) is 6.92 Å². The van der Waals surface area contributed by atoms with Crippen LogP contribution in [-0.4, -0.2) is 25.5 Å².